The maximum absolute atomic E-state index is 12.5. The molecule has 0 N–H and O–H groups in total. The van der Waals surface area contributed by atoms with E-state index < -0.39 is 0 Å². The average Bonchev–Trinajstić information content (AvgIpc) is 3.15. The van der Waals surface area contributed by atoms with Gasteiger partial charge >= 0.3 is 0 Å². The Morgan fingerprint density at radius 3 is 2.96 bits per heavy atom. The van der Waals surface area contributed by atoms with Crippen LogP contribution in [0, 0.1) is 0 Å². The van der Waals surface area contributed by atoms with E-state index in [4.69, 9.17) is 4.74 Å². The van der Waals surface area contributed by atoms with Gasteiger partial charge in [-0.2, -0.15) is 0 Å². The molecule has 1 aliphatic rings. The van der Waals surface area contributed by atoms with Gasteiger partial charge in [0.25, 0.3) is 5.91 Å². The zero-order valence-corrected chi connectivity index (χ0v) is 14.5. The van der Waals surface area contributed by atoms with Crippen LogP contribution in [-0.4, -0.2) is 58.5 Å². The van der Waals surface area contributed by atoms with Crippen LogP contribution in [0.1, 0.15) is 22.6 Å². The molecule has 1 unspecified atom stereocenters. The van der Waals surface area contributed by atoms with Gasteiger partial charge in [-0.1, -0.05) is 0 Å². The van der Waals surface area contributed by atoms with Crippen LogP contribution in [0.25, 0.3) is 0 Å². The number of likely N-dealkylation sites (tertiary alicyclic amines) is 1. The lowest BCUT2D eigenvalue weighted by Gasteiger charge is -2.18. The topological polar surface area (TPSA) is 50.6 Å². The van der Waals surface area contributed by atoms with Crippen LogP contribution in [-0.2, 0) is 13.6 Å². The number of aryl methyl sites for hydroxylation is 1. The van der Waals surface area contributed by atoms with Crippen LogP contribution in [0.2, 0.25) is 0 Å². The molecule has 6 heteroatoms. The smallest absolute Gasteiger partial charge is 0.270 e. The molecule has 1 fully saturated rings. The van der Waals surface area contributed by atoms with Gasteiger partial charge in [-0.15, -0.1) is 0 Å². The third kappa shape index (κ3) is 3.76. The van der Waals surface area contributed by atoms with E-state index in [-0.39, 0.29) is 12.0 Å². The standard InChI is InChI=1S/C18H24N4O2/c1-20(2)12-14-11-15(6-8-19-14)24-16-7-10-22(13-16)18(23)17-5-4-9-21(17)3/h4-6,8-9,11,16H,7,10,12-13H2,1-3H3. The van der Waals surface area contributed by atoms with Crippen molar-refractivity contribution in [2.24, 2.45) is 7.05 Å². The molecule has 0 saturated carbocycles. The molecule has 0 aromatic carbocycles. The first kappa shape index (κ1) is 16.5. The van der Waals surface area contributed by atoms with Crippen LogP contribution in [0.5, 0.6) is 5.75 Å². The first-order valence-electron chi connectivity index (χ1n) is 8.20. The fourth-order valence-corrected chi connectivity index (χ4v) is 2.99. The van der Waals surface area contributed by atoms with E-state index in [0.717, 1.165) is 31.0 Å². The Morgan fingerprint density at radius 2 is 2.25 bits per heavy atom. The molecule has 1 atom stereocenters. The third-order valence-electron chi connectivity index (χ3n) is 4.16. The molecule has 1 saturated heterocycles. The zero-order chi connectivity index (χ0) is 17.1. The van der Waals surface area contributed by atoms with Gasteiger partial charge in [0.1, 0.15) is 17.5 Å². The monoisotopic (exact) mass is 328 g/mol. The maximum Gasteiger partial charge on any atom is 0.270 e. The molecular formula is C18H24N4O2. The molecule has 1 aliphatic heterocycles. The van der Waals surface area contributed by atoms with Crippen molar-refractivity contribution in [1.82, 2.24) is 19.4 Å². The molecular weight excluding hydrogens is 304 g/mol. The van der Waals surface area contributed by atoms with Gasteiger partial charge in [0.15, 0.2) is 0 Å². The SMILES string of the molecule is CN(C)Cc1cc(OC2CCN(C(=O)c3cccn3C)C2)ccn1. The Labute approximate surface area is 142 Å². The van der Waals surface area contributed by atoms with Crippen LogP contribution in [0.4, 0.5) is 0 Å². The quantitative estimate of drug-likeness (QED) is 0.839. The minimum absolute atomic E-state index is 0.0313. The highest BCUT2D eigenvalue weighted by Gasteiger charge is 2.29. The molecule has 3 rings (SSSR count). The summed E-state index contributed by atoms with van der Waals surface area (Å²) in [7, 11) is 5.92. The van der Waals surface area contributed by atoms with Gasteiger partial charge in [0.2, 0.25) is 0 Å². The summed E-state index contributed by atoms with van der Waals surface area (Å²) in [6, 6.07) is 7.59. The Hall–Kier alpha value is -2.34. The minimum Gasteiger partial charge on any atom is -0.488 e. The third-order valence-corrected chi connectivity index (χ3v) is 4.16. The van der Waals surface area contributed by atoms with Crippen LogP contribution in [0.3, 0.4) is 0 Å². The lowest BCUT2D eigenvalue weighted by atomic mass is 10.3. The normalized spacial score (nSPS) is 17.5. The van der Waals surface area contributed by atoms with Crippen LogP contribution < -0.4 is 4.74 Å². The van der Waals surface area contributed by atoms with Crippen LogP contribution >= 0.6 is 0 Å². The number of rotatable bonds is 5. The van der Waals surface area contributed by atoms with Crippen molar-refractivity contribution in [3.63, 3.8) is 0 Å². The van der Waals surface area contributed by atoms with Crippen molar-refractivity contribution in [2.45, 2.75) is 19.1 Å². The first-order chi connectivity index (χ1) is 11.5. The molecule has 1 amide bonds. The van der Waals surface area contributed by atoms with Gasteiger partial charge in [-0.25, -0.2) is 0 Å². The van der Waals surface area contributed by atoms with Crippen molar-refractivity contribution in [3.05, 3.63) is 48.0 Å². The number of hydrogen-bond donors (Lipinski definition) is 0. The van der Waals surface area contributed by atoms with Gasteiger partial charge in [0.05, 0.1) is 12.2 Å². The Kier molecular flexibility index (Phi) is 4.85. The summed E-state index contributed by atoms with van der Waals surface area (Å²) < 4.78 is 7.92. The van der Waals surface area contributed by atoms with E-state index in [0.29, 0.717) is 12.2 Å². The van der Waals surface area contributed by atoms with Gasteiger partial charge < -0.3 is 19.1 Å². The Bertz CT molecular complexity index is 711. The number of pyridine rings is 1. The second kappa shape index (κ2) is 7.05. The second-order valence-corrected chi connectivity index (χ2v) is 6.50. The summed E-state index contributed by atoms with van der Waals surface area (Å²) in [5, 5.41) is 0. The van der Waals surface area contributed by atoms with Crippen LogP contribution in [0.15, 0.2) is 36.7 Å². The van der Waals surface area contributed by atoms with Gasteiger partial charge in [-0.05, 0) is 32.3 Å². The van der Waals surface area contributed by atoms with Crippen molar-refractivity contribution in [1.29, 1.82) is 0 Å². The number of ether oxygens (including phenoxy) is 1. The number of hydrogen-bond acceptors (Lipinski definition) is 4. The molecule has 2 aromatic rings. The maximum atomic E-state index is 12.5. The second-order valence-electron chi connectivity index (χ2n) is 6.50. The van der Waals surface area contributed by atoms with E-state index >= 15 is 0 Å². The summed E-state index contributed by atoms with van der Waals surface area (Å²) in [6.45, 7) is 2.12. The first-order valence-corrected chi connectivity index (χ1v) is 8.20. The van der Waals surface area contributed by atoms with E-state index in [1.807, 2.05) is 61.1 Å². The Balaban J connectivity index is 1.60. The highest BCUT2D eigenvalue weighted by Crippen LogP contribution is 2.20. The molecule has 0 aliphatic carbocycles. The fraction of sp³-hybridized carbons (Fsp3) is 0.444. The summed E-state index contributed by atoms with van der Waals surface area (Å²) in [4.78, 5) is 20.8. The van der Waals surface area contributed by atoms with Gasteiger partial charge in [-0.3, -0.25) is 9.78 Å². The summed E-state index contributed by atoms with van der Waals surface area (Å²) in [5.74, 6) is 0.886. The minimum atomic E-state index is 0.0313. The van der Waals surface area contributed by atoms with Crippen molar-refractivity contribution in [3.8, 4) is 5.75 Å². The van der Waals surface area contributed by atoms with Gasteiger partial charge in [0, 0.05) is 45.0 Å². The molecule has 3 heterocycles. The summed E-state index contributed by atoms with van der Waals surface area (Å²) in [5.41, 5.74) is 1.69. The number of carbonyl (C=O) groups excluding carboxylic acids is 1. The molecule has 24 heavy (non-hydrogen) atoms. The average molecular weight is 328 g/mol. The zero-order valence-electron chi connectivity index (χ0n) is 14.5. The highest BCUT2D eigenvalue weighted by atomic mass is 16.5. The van der Waals surface area contributed by atoms with E-state index in [2.05, 4.69) is 9.88 Å². The number of amides is 1. The number of aromatic nitrogens is 2. The fourth-order valence-electron chi connectivity index (χ4n) is 2.99. The predicted octanol–water partition coefficient (Wildman–Crippen LogP) is 1.78. The highest BCUT2D eigenvalue weighted by molar-refractivity contribution is 5.93. The van der Waals surface area contributed by atoms with Crippen molar-refractivity contribution < 1.29 is 9.53 Å². The lowest BCUT2D eigenvalue weighted by Crippen LogP contribution is -2.32. The van der Waals surface area contributed by atoms with E-state index in [9.17, 15) is 4.79 Å². The largest absolute Gasteiger partial charge is 0.488 e. The predicted molar refractivity (Wildman–Crippen MR) is 92.0 cm³/mol. The summed E-state index contributed by atoms with van der Waals surface area (Å²) in [6.07, 6.45) is 4.54. The summed E-state index contributed by atoms with van der Waals surface area (Å²) >= 11 is 0. The van der Waals surface area contributed by atoms with Crippen molar-refractivity contribution in [2.75, 3.05) is 27.2 Å². The molecule has 2 aromatic heterocycles. The molecule has 128 valence electrons. The molecule has 0 spiro atoms. The number of nitrogens with zero attached hydrogens (tertiary/aromatic N) is 4. The van der Waals surface area contributed by atoms with E-state index in [1.54, 1.807) is 6.20 Å². The van der Waals surface area contributed by atoms with E-state index in [1.165, 1.54) is 0 Å². The number of carbonyl (C=O) groups is 1. The molecule has 0 radical (unpaired) electrons. The lowest BCUT2D eigenvalue weighted by molar-refractivity contribution is 0.0763. The Morgan fingerprint density at radius 1 is 1.42 bits per heavy atom. The van der Waals surface area contributed by atoms with Crippen molar-refractivity contribution >= 4 is 5.91 Å². The molecule has 0 bridgehead atoms. The molecule has 6 nitrogen and oxygen atoms in total.